The van der Waals surface area contributed by atoms with Gasteiger partial charge in [-0.3, -0.25) is 9.78 Å². The molecule has 0 aliphatic rings. The summed E-state index contributed by atoms with van der Waals surface area (Å²) in [5.41, 5.74) is 0.964. The summed E-state index contributed by atoms with van der Waals surface area (Å²) < 4.78 is 4.93. The molecule has 0 saturated carbocycles. The number of hydrogen-bond donors (Lipinski definition) is 0. The minimum absolute atomic E-state index is 0.0321. The minimum Gasteiger partial charge on any atom is -0.501 e. The number of ketones is 1. The van der Waals surface area contributed by atoms with Gasteiger partial charge in [-0.05, 0) is 24.6 Å². The third kappa shape index (κ3) is 3.85. The Kier molecular flexibility index (Phi) is 4.41. The summed E-state index contributed by atoms with van der Waals surface area (Å²) in [7, 11) is 0. The minimum atomic E-state index is 0.0321. The summed E-state index contributed by atoms with van der Waals surface area (Å²) in [6.07, 6.45) is 6.63. The molecule has 0 aliphatic heterocycles. The summed E-state index contributed by atoms with van der Waals surface area (Å²) in [6.45, 7) is 2.46. The van der Waals surface area contributed by atoms with E-state index in [1.165, 1.54) is 12.3 Å². The molecule has 0 fully saturated rings. The smallest absolute Gasteiger partial charge is 0.163 e. The van der Waals surface area contributed by atoms with Gasteiger partial charge < -0.3 is 4.74 Å². The van der Waals surface area contributed by atoms with Gasteiger partial charge in [0.05, 0.1) is 12.9 Å². The highest BCUT2D eigenvalue weighted by molar-refractivity contribution is 5.91. The van der Waals surface area contributed by atoms with Crippen LogP contribution in [0.3, 0.4) is 0 Å². The predicted molar refractivity (Wildman–Crippen MR) is 53.7 cm³/mol. The third-order valence-electron chi connectivity index (χ3n) is 1.64. The molecule has 0 unspecified atom stereocenters. The molecule has 0 spiro atoms. The molecule has 3 heteroatoms. The number of hydrogen-bond acceptors (Lipinski definition) is 3. The van der Waals surface area contributed by atoms with Crippen LogP contribution in [0, 0.1) is 0 Å². The van der Waals surface area contributed by atoms with Gasteiger partial charge in [0.25, 0.3) is 0 Å². The Labute approximate surface area is 83.4 Å². The van der Waals surface area contributed by atoms with Crippen molar-refractivity contribution in [2.75, 3.05) is 6.61 Å². The van der Waals surface area contributed by atoms with Crippen LogP contribution in [-0.4, -0.2) is 17.4 Å². The Morgan fingerprint density at radius 2 is 2.21 bits per heavy atom. The summed E-state index contributed by atoms with van der Waals surface area (Å²) >= 11 is 0. The Morgan fingerprint density at radius 3 is 2.86 bits per heavy atom. The monoisotopic (exact) mass is 191 g/mol. The van der Waals surface area contributed by atoms with Crippen molar-refractivity contribution in [2.45, 2.75) is 13.3 Å². The quantitative estimate of drug-likeness (QED) is 0.525. The molecule has 0 bridgehead atoms. The van der Waals surface area contributed by atoms with Crippen LogP contribution < -0.4 is 0 Å². The van der Waals surface area contributed by atoms with Gasteiger partial charge in [-0.25, -0.2) is 0 Å². The van der Waals surface area contributed by atoms with Crippen molar-refractivity contribution in [1.82, 2.24) is 4.98 Å². The molecule has 0 saturated heterocycles. The fourth-order valence-electron chi connectivity index (χ4n) is 0.981. The van der Waals surface area contributed by atoms with Gasteiger partial charge in [-0.15, -0.1) is 0 Å². The first-order chi connectivity index (χ1) is 6.83. The lowest BCUT2D eigenvalue weighted by atomic mass is 10.1. The molecule has 0 N–H and O–H groups in total. The van der Waals surface area contributed by atoms with Crippen LogP contribution in [0.5, 0.6) is 0 Å². The van der Waals surface area contributed by atoms with E-state index < -0.39 is 0 Å². The number of rotatable bonds is 5. The van der Waals surface area contributed by atoms with Gasteiger partial charge in [0.15, 0.2) is 5.78 Å². The van der Waals surface area contributed by atoms with Gasteiger partial charge >= 0.3 is 0 Å². The number of pyridine rings is 1. The van der Waals surface area contributed by atoms with Gasteiger partial charge in [0.2, 0.25) is 0 Å². The first kappa shape index (κ1) is 10.4. The number of nitrogens with zero attached hydrogens (tertiary/aromatic N) is 1. The Balaban J connectivity index is 2.42. The van der Waals surface area contributed by atoms with Crippen LogP contribution in [0.4, 0.5) is 0 Å². The second-order valence-corrected chi connectivity index (χ2v) is 2.76. The molecule has 1 rings (SSSR count). The average Bonchev–Trinajstić information content (AvgIpc) is 2.20. The van der Waals surface area contributed by atoms with Crippen molar-refractivity contribution in [3.8, 4) is 0 Å². The zero-order valence-corrected chi connectivity index (χ0v) is 8.14. The lowest BCUT2D eigenvalue weighted by Gasteiger charge is -1.96. The highest BCUT2D eigenvalue weighted by Crippen LogP contribution is 1.98. The molecule has 1 aromatic heterocycles. The fourth-order valence-corrected chi connectivity index (χ4v) is 0.981. The van der Waals surface area contributed by atoms with Gasteiger partial charge in [-0.2, -0.15) is 0 Å². The maximum absolute atomic E-state index is 11.3. The van der Waals surface area contributed by atoms with Crippen molar-refractivity contribution >= 4 is 5.78 Å². The summed E-state index contributed by atoms with van der Waals surface area (Å²) in [5, 5.41) is 0. The van der Waals surface area contributed by atoms with Crippen LogP contribution in [-0.2, 0) is 16.0 Å². The van der Waals surface area contributed by atoms with E-state index in [0.717, 1.165) is 5.56 Å². The molecule has 0 aromatic carbocycles. The molecule has 3 nitrogen and oxygen atoms in total. The van der Waals surface area contributed by atoms with Crippen molar-refractivity contribution in [2.24, 2.45) is 0 Å². The fraction of sp³-hybridized carbons (Fsp3) is 0.273. The average molecular weight is 191 g/mol. The molecule has 0 amide bonds. The second kappa shape index (κ2) is 5.91. The standard InChI is InChI=1S/C11H13NO2/c1-2-14-8-5-11(13)9-10-3-6-12-7-4-10/h3-8H,2,9H2,1H3. The lowest BCUT2D eigenvalue weighted by Crippen LogP contribution is -1.98. The summed E-state index contributed by atoms with van der Waals surface area (Å²) in [4.78, 5) is 15.2. The van der Waals surface area contributed by atoms with E-state index in [4.69, 9.17) is 4.74 Å². The van der Waals surface area contributed by atoms with Gasteiger partial charge in [0.1, 0.15) is 0 Å². The van der Waals surface area contributed by atoms with E-state index in [1.807, 2.05) is 19.1 Å². The number of carbonyl (C=O) groups excluding carboxylic acids is 1. The zero-order valence-electron chi connectivity index (χ0n) is 8.14. The first-order valence-corrected chi connectivity index (χ1v) is 4.53. The van der Waals surface area contributed by atoms with E-state index in [-0.39, 0.29) is 5.78 Å². The Morgan fingerprint density at radius 1 is 1.50 bits per heavy atom. The van der Waals surface area contributed by atoms with Crippen LogP contribution >= 0.6 is 0 Å². The molecule has 1 aromatic rings. The largest absolute Gasteiger partial charge is 0.501 e. The predicted octanol–water partition coefficient (Wildman–Crippen LogP) is 1.74. The van der Waals surface area contributed by atoms with Crippen LogP contribution in [0.1, 0.15) is 12.5 Å². The van der Waals surface area contributed by atoms with Gasteiger partial charge in [-0.1, -0.05) is 0 Å². The van der Waals surface area contributed by atoms with Crippen molar-refractivity contribution in [3.05, 3.63) is 42.4 Å². The van der Waals surface area contributed by atoms with E-state index in [1.54, 1.807) is 12.4 Å². The van der Waals surface area contributed by atoms with Crippen LogP contribution in [0.2, 0.25) is 0 Å². The van der Waals surface area contributed by atoms with Gasteiger partial charge in [0, 0.05) is 24.9 Å². The normalized spacial score (nSPS) is 10.4. The Bertz CT molecular complexity index is 306. The van der Waals surface area contributed by atoms with Crippen LogP contribution in [0.15, 0.2) is 36.9 Å². The maximum Gasteiger partial charge on any atom is 0.163 e. The number of allylic oxidation sites excluding steroid dienone is 1. The summed E-state index contributed by atoms with van der Waals surface area (Å²) in [5.74, 6) is 0.0321. The molecule has 74 valence electrons. The SMILES string of the molecule is CCOC=CC(=O)Cc1ccncc1. The van der Waals surface area contributed by atoms with E-state index >= 15 is 0 Å². The topological polar surface area (TPSA) is 39.2 Å². The summed E-state index contributed by atoms with van der Waals surface area (Å²) in [6, 6.07) is 3.65. The second-order valence-electron chi connectivity index (χ2n) is 2.76. The number of ether oxygens (including phenoxy) is 1. The maximum atomic E-state index is 11.3. The molecule has 1 heterocycles. The van der Waals surface area contributed by atoms with Crippen molar-refractivity contribution in [3.63, 3.8) is 0 Å². The zero-order chi connectivity index (χ0) is 10.2. The first-order valence-electron chi connectivity index (χ1n) is 4.53. The number of carbonyl (C=O) groups is 1. The highest BCUT2D eigenvalue weighted by Gasteiger charge is 1.98. The molecular formula is C11H13NO2. The molecular weight excluding hydrogens is 178 g/mol. The van der Waals surface area contributed by atoms with Crippen LogP contribution in [0.25, 0.3) is 0 Å². The van der Waals surface area contributed by atoms with E-state index in [0.29, 0.717) is 13.0 Å². The number of aromatic nitrogens is 1. The molecule has 0 aliphatic carbocycles. The Hall–Kier alpha value is -1.64. The van der Waals surface area contributed by atoms with E-state index in [9.17, 15) is 4.79 Å². The third-order valence-corrected chi connectivity index (χ3v) is 1.64. The van der Waals surface area contributed by atoms with Crippen molar-refractivity contribution < 1.29 is 9.53 Å². The molecule has 14 heavy (non-hydrogen) atoms. The van der Waals surface area contributed by atoms with Crippen molar-refractivity contribution in [1.29, 1.82) is 0 Å². The molecule has 0 radical (unpaired) electrons. The molecule has 0 atom stereocenters. The van der Waals surface area contributed by atoms with E-state index in [2.05, 4.69) is 4.98 Å². The highest BCUT2D eigenvalue weighted by atomic mass is 16.5. The lowest BCUT2D eigenvalue weighted by molar-refractivity contribution is -0.114.